The average Bonchev–Trinajstić information content (AvgIpc) is 3.60. The number of aromatic nitrogens is 1. The van der Waals surface area contributed by atoms with Crippen molar-refractivity contribution in [2.24, 2.45) is 5.92 Å². The summed E-state index contributed by atoms with van der Waals surface area (Å²) in [7, 11) is -3.01. The van der Waals surface area contributed by atoms with Crippen molar-refractivity contribution in [2.75, 3.05) is 29.5 Å². The van der Waals surface area contributed by atoms with Gasteiger partial charge in [0.15, 0.2) is 9.84 Å². The summed E-state index contributed by atoms with van der Waals surface area (Å²) in [6, 6.07) is 14.0. The predicted octanol–water partition coefficient (Wildman–Crippen LogP) is 5.59. The van der Waals surface area contributed by atoms with Crippen molar-refractivity contribution in [1.29, 1.82) is 5.26 Å². The SMILES string of the molecule is N#CC1(NC(=O)C2CCCCC2c2oc(-c3ccc(F)cc3)nc2-c2ccc(N3CCS(=O)(=O)CC3)c(Br)c2)CC1. The van der Waals surface area contributed by atoms with Gasteiger partial charge in [0.2, 0.25) is 11.8 Å². The van der Waals surface area contributed by atoms with E-state index in [4.69, 9.17) is 9.40 Å². The standard InChI is InChI=1S/C30H30BrFN4O4S/c31-24-17-20(7-10-25(24)36-13-15-41(38,39)16-14-36)26-27(40-29(34-26)19-5-8-21(32)9-6-19)22-3-1-2-4-23(22)28(37)35-30(18-33)11-12-30/h5-10,17,22-23H,1-4,11-16H2,(H,35,37). The van der Waals surface area contributed by atoms with Gasteiger partial charge in [-0.1, -0.05) is 18.9 Å². The van der Waals surface area contributed by atoms with Gasteiger partial charge >= 0.3 is 0 Å². The molecule has 1 aliphatic heterocycles. The van der Waals surface area contributed by atoms with Gasteiger partial charge in [-0.05, 0) is 78.0 Å². The Morgan fingerprint density at radius 2 is 1.78 bits per heavy atom. The fourth-order valence-corrected chi connectivity index (χ4v) is 7.68. The number of anilines is 1. The van der Waals surface area contributed by atoms with Crippen LogP contribution in [0.2, 0.25) is 0 Å². The Hall–Kier alpha value is -3.23. The summed E-state index contributed by atoms with van der Waals surface area (Å²) in [4.78, 5) is 20.4. The minimum absolute atomic E-state index is 0.119. The highest BCUT2D eigenvalue weighted by Crippen LogP contribution is 2.45. The summed E-state index contributed by atoms with van der Waals surface area (Å²) in [6.45, 7) is 0.848. The lowest BCUT2D eigenvalue weighted by atomic mass is 9.76. The second kappa shape index (κ2) is 10.9. The minimum Gasteiger partial charge on any atom is -0.440 e. The number of oxazole rings is 1. The molecule has 41 heavy (non-hydrogen) atoms. The van der Waals surface area contributed by atoms with Gasteiger partial charge in [0.05, 0.1) is 23.3 Å². The van der Waals surface area contributed by atoms with Gasteiger partial charge in [0.1, 0.15) is 22.8 Å². The smallest absolute Gasteiger partial charge is 0.226 e. The highest BCUT2D eigenvalue weighted by Gasteiger charge is 2.47. The van der Waals surface area contributed by atoms with Crippen LogP contribution in [0.5, 0.6) is 0 Å². The Bertz CT molecular complexity index is 1610. The van der Waals surface area contributed by atoms with Crippen molar-refractivity contribution in [2.45, 2.75) is 50.0 Å². The number of hydrogen-bond acceptors (Lipinski definition) is 7. The number of halogens is 2. The van der Waals surface area contributed by atoms with E-state index in [-0.39, 0.29) is 35.1 Å². The first-order valence-electron chi connectivity index (χ1n) is 13.9. The van der Waals surface area contributed by atoms with Crippen molar-refractivity contribution in [1.82, 2.24) is 10.3 Å². The predicted molar refractivity (Wildman–Crippen MR) is 156 cm³/mol. The van der Waals surface area contributed by atoms with Gasteiger partial charge in [0.25, 0.3) is 0 Å². The van der Waals surface area contributed by atoms with Crippen LogP contribution in [-0.4, -0.2) is 49.4 Å². The second-order valence-corrected chi connectivity index (χ2v) is 14.4. The molecule has 1 aromatic heterocycles. The first kappa shape index (κ1) is 27.9. The quantitative estimate of drug-likeness (QED) is 0.373. The Morgan fingerprint density at radius 3 is 2.44 bits per heavy atom. The van der Waals surface area contributed by atoms with Crippen LogP contribution < -0.4 is 10.2 Å². The van der Waals surface area contributed by atoms with Gasteiger partial charge in [-0.2, -0.15) is 5.26 Å². The van der Waals surface area contributed by atoms with Crippen molar-refractivity contribution in [3.63, 3.8) is 0 Å². The van der Waals surface area contributed by atoms with E-state index < -0.39 is 15.4 Å². The Kier molecular flexibility index (Phi) is 7.41. The number of amides is 1. The molecule has 0 bridgehead atoms. The Morgan fingerprint density at radius 1 is 1.10 bits per heavy atom. The Labute approximate surface area is 247 Å². The maximum Gasteiger partial charge on any atom is 0.226 e. The first-order valence-corrected chi connectivity index (χ1v) is 16.5. The lowest BCUT2D eigenvalue weighted by Gasteiger charge is -2.31. The molecule has 2 atom stereocenters. The Balaban J connectivity index is 1.37. The molecule has 8 nitrogen and oxygen atoms in total. The lowest BCUT2D eigenvalue weighted by molar-refractivity contribution is -0.127. The van der Waals surface area contributed by atoms with Crippen molar-refractivity contribution < 1.29 is 22.0 Å². The molecule has 1 amide bonds. The molecular formula is C30H30BrFN4O4S. The third-order valence-corrected chi connectivity index (χ3v) is 10.7. The largest absolute Gasteiger partial charge is 0.440 e. The van der Waals surface area contributed by atoms with Crippen molar-refractivity contribution in [3.05, 3.63) is 58.5 Å². The molecule has 214 valence electrons. The fraction of sp³-hybridized carbons (Fsp3) is 0.433. The topological polar surface area (TPSA) is 116 Å². The molecule has 3 aromatic rings. The van der Waals surface area contributed by atoms with Crippen LogP contribution in [0.4, 0.5) is 10.1 Å². The summed E-state index contributed by atoms with van der Waals surface area (Å²) < 4.78 is 44.7. The number of sulfone groups is 1. The van der Waals surface area contributed by atoms with Crippen LogP contribution in [0.15, 0.2) is 51.4 Å². The highest BCUT2D eigenvalue weighted by atomic mass is 79.9. The monoisotopic (exact) mass is 640 g/mol. The van der Waals surface area contributed by atoms with Gasteiger partial charge < -0.3 is 14.6 Å². The zero-order valence-electron chi connectivity index (χ0n) is 22.4. The number of nitrogens with one attached hydrogen (secondary N) is 1. The van der Waals surface area contributed by atoms with E-state index in [9.17, 15) is 22.9 Å². The summed E-state index contributed by atoms with van der Waals surface area (Å²) in [5.74, 6) is 0.104. The molecule has 1 N–H and O–H groups in total. The van der Waals surface area contributed by atoms with Crippen LogP contribution in [0.1, 0.15) is 50.2 Å². The molecular weight excluding hydrogens is 611 g/mol. The molecule has 6 rings (SSSR count). The van der Waals surface area contributed by atoms with Gasteiger partial charge in [-0.3, -0.25) is 4.79 Å². The number of carbonyl (C=O) groups is 1. The van der Waals surface area contributed by atoms with E-state index in [1.54, 1.807) is 12.1 Å². The molecule has 2 heterocycles. The van der Waals surface area contributed by atoms with Gasteiger partial charge in [-0.15, -0.1) is 0 Å². The van der Waals surface area contributed by atoms with Gasteiger partial charge in [-0.25, -0.2) is 17.8 Å². The lowest BCUT2D eigenvalue weighted by Crippen LogP contribution is -2.42. The summed E-state index contributed by atoms with van der Waals surface area (Å²) >= 11 is 3.69. The van der Waals surface area contributed by atoms with E-state index in [1.807, 2.05) is 23.1 Å². The summed E-state index contributed by atoms with van der Waals surface area (Å²) in [5.41, 5.74) is 2.18. The molecule has 2 aromatic carbocycles. The number of carbonyl (C=O) groups excluding carboxylic acids is 1. The third kappa shape index (κ3) is 5.77. The van der Waals surface area contributed by atoms with Gasteiger partial charge in [0, 0.05) is 40.5 Å². The molecule has 11 heteroatoms. The van der Waals surface area contributed by atoms with E-state index >= 15 is 0 Å². The van der Waals surface area contributed by atoms with Crippen LogP contribution in [0, 0.1) is 23.1 Å². The third-order valence-electron chi connectivity index (χ3n) is 8.42. The molecule has 2 aliphatic carbocycles. The minimum atomic E-state index is -3.01. The van der Waals surface area contributed by atoms with Crippen LogP contribution in [0.3, 0.4) is 0 Å². The molecule has 2 unspecified atom stereocenters. The number of nitrogens with zero attached hydrogens (tertiary/aromatic N) is 3. The number of hydrogen-bond donors (Lipinski definition) is 1. The van der Waals surface area contributed by atoms with E-state index in [0.717, 1.165) is 35.0 Å². The van der Waals surface area contributed by atoms with E-state index in [1.165, 1.54) is 12.1 Å². The molecule has 3 aliphatic rings. The van der Waals surface area contributed by atoms with E-state index in [2.05, 4.69) is 27.3 Å². The van der Waals surface area contributed by atoms with Crippen molar-refractivity contribution >= 4 is 37.4 Å². The fourth-order valence-electron chi connectivity index (χ4n) is 5.85. The molecule has 0 spiro atoms. The molecule has 2 saturated carbocycles. The second-order valence-electron chi connectivity index (χ2n) is 11.2. The summed E-state index contributed by atoms with van der Waals surface area (Å²) in [6.07, 6.45) is 4.60. The van der Waals surface area contributed by atoms with Crippen LogP contribution in [0.25, 0.3) is 22.7 Å². The number of rotatable bonds is 6. The number of benzene rings is 2. The normalized spacial score (nSPS) is 23.0. The highest BCUT2D eigenvalue weighted by molar-refractivity contribution is 9.10. The maximum absolute atomic E-state index is 13.7. The zero-order valence-corrected chi connectivity index (χ0v) is 24.8. The van der Waals surface area contributed by atoms with Crippen molar-refractivity contribution in [3.8, 4) is 28.8 Å². The molecule has 1 saturated heterocycles. The first-order chi connectivity index (χ1) is 19.7. The molecule has 3 fully saturated rings. The number of nitriles is 1. The zero-order chi connectivity index (χ0) is 28.8. The average molecular weight is 642 g/mol. The molecule has 0 radical (unpaired) electrons. The van der Waals surface area contributed by atoms with Crippen LogP contribution in [-0.2, 0) is 14.6 Å². The maximum atomic E-state index is 13.7. The summed E-state index contributed by atoms with van der Waals surface area (Å²) in [5, 5.41) is 12.5. The van der Waals surface area contributed by atoms with E-state index in [0.29, 0.717) is 55.3 Å². The van der Waals surface area contributed by atoms with Crippen LogP contribution >= 0.6 is 15.9 Å².